The van der Waals surface area contributed by atoms with Gasteiger partial charge in [-0.15, -0.1) is 0 Å². The standard InChI is InChI=1S/C10H9FN4O3/c11-6-1-2-7(8(5-6)15(16)17)10-13-9(3-4-12)14-18-10/h1-2,5H,3-4,12H2. The van der Waals surface area contributed by atoms with Gasteiger partial charge in [0.25, 0.3) is 11.6 Å². The number of nitro groups is 1. The number of nitrogens with zero attached hydrogens (tertiary/aromatic N) is 3. The van der Waals surface area contributed by atoms with Crippen LogP contribution in [0, 0.1) is 15.9 Å². The Morgan fingerprint density at radius 2 is 2.28 bits per heavy atom. The first-order valence-corrected chi connectivity index (χ1v) is 5.09. The van der Waals surface area contributed by atoms with E-state index in [1.165, 1.54) is 6.07 Å². The second kappa shape index (κ2) is 4.88. The Bertz CT molecular complexity index is 584. The van der Waals surface area contributed by atoms with Crippen molar-refractivity contribution in [2.24, 2.45) is 5.73 Å². The fraction of sp³-hybridized carbons (Fsp3) is 0.200. The number of rotatable bonds is 4. The Morgan fingerprint density at radius 1 is 1.50 bits per heavy atom. The minimum atomic E-state index is -0.703. The zero-order chi connectivity index (χ0) is 13.1. The van der Waals surface area contributed by atoms with Crippen LogP contribution in [0.25, 0.3) is 11.5 Å². The molecule has 8 heteroatoms. The lowest BCUT2D eigenvalue weighted by Gasteiger charge is -1.97. The second-order valence-corrected chi connectivity index (χ2v) is 3.47. The highest BCUT2D eigenvalue weighted by molar-refractivity contribution is 5.66. The summed E-state index contributed by atoms with van der Waals surface area (Å²) in [4.78, 5) is 14.1. The van der Waals surface area contributed by atoms with E-state index in [2.05, 4.69) is 10.1 Å². The first-order chi connectivity index (χ1) is 8.61. The monoisotopic (exact) mass is 252 g/mol. The van der Waals surface area contributed by atoms with Gasteiger partial charge in [0.05, 0.1) is 11.0 Å². The van der Waals surface area contributed by atoms with E-state index in [1.807, 2.05) is 0 Å². The van der Waals surface area contributed by atoms with Gasteiger partial charge < -0.3 is 10.3 Å². The van der Waals surface area contributed by atoms with Crippen molar-refractivity contribution in [2.75, 3.05) is 6.54 Å². The average Bonchev–Trinajstić information content (AvgIpc) is 2.78. The lowest BCUT2D eigenvalue weighted by Crippen LogP contribution is -2.03. The molecule has 1 aromatic heterocycles. The number of nitro benzene ring substituents is 1. The maximum atomic E-state index is 13.0. The molecule has 7 nitrogen and oxygen atoms in total. The van der Waals surface area contributed by atoms with Crippen molar-refractivity contribution >= 4 is 5.69 Å². The van der Waals surface area contributed by atoms with Gasteiger partial charge >= 0.3 is 0 Å². The van der Waals surface area contributed by atoms with Gasteiger partial charge in [-0.25, -0.2) is 4.39 Å². The summed E-state index contributed by atoms with van der Waals surface area (Å²) < 4.78 is 17.9. The number of nitrogens with two attached hydrogens (primary N) is 1. The maximum Gasteiger partial charge on any atom is 0.285 e. The predicted molar refractivity (Wildman–Crippen MR) is 59.1 cm³/mol. The van der Waals surface area contributed by atoms with Crippen LogP contribution in [0.2, 0.25) is 0 Å². The van der Waals surface area contributed by atoms with E-state index in [4.69, 9.17) is 10.3 Å². The summed E-state index contributed by atoms with van der Waals surface area (Å²) in [6.07, 6.45) is 0.401. The zero-order valence-electron chi connectivity index (χ0n) is 9.17. The smallest absolute Gasteiger partial charge is 0.285 e. The molecule has 2 N–H and O–H groups in total. The highest BCUT2D eigenvalue weighted by Gasteiger charge is 2.21. The Morgan fingerprint density at radius 3 is 2.94 bits per heavy atom. The number of hydrogen-bond donors (Lipinski definition) is 1. The summed E-state index contributed by atoms with van der Waals surface area (Å²) in [5.41, 5.74) is 4.99. The van der Waals surface area contributed by atoms with Crippen LogP contribution in [-0.4, -0.2) is 21.6 Å². The molecule has 1 aromatic carbocycles. The highest BCUT2D eigenvalue weighted by atomic mass is 19.1. The van der Waals surface area contributed by atoms with Crippen LogP contribution in [0.4, 0.5) is 10.1 Å². The van der Waals surface area contributed by atoms with E-state index in [-0.39, 0.29) is 11.5 Å². The van der Waals surface area contributed by atoms with Crippen molar-refractivity contribution in [3.8, 4) is 11.5 Å². The van der Waals surface area contributed by atoms with Crippen molar-refractivity contribution in [3.05, 3.63) is 40.0 Å². The number of hydrogen-bond acceptors (Lipinski definition) is 6. The SMILES string of the molecule is NCCc1noc(-c2ccc(F)cc2[N+](=O)[O-])n1. The van der Waals surface area contributed by atoms with Gasteiger partial charge in [-0.2, -0.15) is 4.98 Å². The van der Waals surface area contributed by atoms with Crippen molar-refractivity contribution in [1.82, 2.24) is 10.1 Å². The molecular formula is C10H9FN4O3. The van der Waals surface area contributed by atoms with Gasteiger partial charge in [-0.1, -0.05) is 5.16 Å². The molecule has 0 aliphatic heterocycles. The van der Waals surface area contributed by atoms with E-state index in [0.29, 0.717) is 18.8 Å². The van der Waals surface area contributed by atoms with E-state index >= 15 is 0 Å². The third kappa shape index (κ3) is 2.33. The van der Waals surface area contributed by atoms with E-state index in [9.17, 15) is 14.5 Å². The molecule has 0 atom stereocenters. The molecule has 0 radical (unpaired) electrons. The Hall–Kier alpha value is -2.35. The molecule has 2 aromatic rings. The summed E-state index contributed by atoms with van der Waals surface area (Å²) in [6.45, 7) is 0.338. The van der Waals surface area contributed by atoms with Crippen LogP contribution in [0.3, 0.4) is 0 Å². The molecule has 0 aliphatic carbocycles. The molecule has 94 valence electrons. The van der Waals surface area contributed by atoms with Crippen LogP contribution < -0.4 is 5.73 Å². The van der Waals surface area contributed by atoms with E-state index < -0.39 is 16.4 Å². The Balaban J connectivity index is 2.45. The van der Waals surface area contributed by atoms with Crippen LogP contribution in [0.15, 0.2) is 22.7 Å². The van der Waals surface area contributed by atoms with Crippen molar-refractivity contribution in [1.29, 1.82) is 0 Å². The van der Waals surface area contributed by atoms with E-state index in [0.717, 1.165) is 12.1 Å². The molecular weight excluding hydrogens is 243 g/mol. The Labute approximate surface area is 101 Å². The molecule has 18 heavy (non-hydrogen) atoms. The fourth-order valence-corrected chi connectivity index (χ4v) is 1.43. The van der Waals surface area contributed by atoms with Crippen LogP contribution in [0.5, 0.6) is 0 Å². The second-order valence-electron chi connectivity index (χ2n) is 3.47. The van der Waals surface area contributed by atoms with Gasteiger partial charge in [-0.05, 0) is 18.7 Å². The predicted octanol–water partition coefficient (Wildman–Crippen LogP) is 1.29. The molecule has 0 amide bonds. The number of halogens is 1. The van der Waals surface area contributed by atoms with Crippen molar-refractivity contribution in [2.45, 2.75) is 6.42 Å². The molecule has 1 heterocycles. The average molecular weight is 252 g/mol. The van der Waals surface area contributed by atoms with Gasteiger partial charge in [-0.3, -0.25) is 10.1 Å². The molecule has 0 fully saturated rings. The molecule has 0 saturated heterocycles. The van der Waals surface area contributed by atoms with Crippen molar-refractivity contribution < 1.29 is 13.8 Å². The van der Waals surface area contributed by atoms with Crippen LogP contribution in [-0.2, 0) is 6.42 Å². The molecule has 0 spiro atoms. The van der Waals surface area contributed by atoms with Crippen LogP contribution >= 0.6 is 0 Å². The van der Waals surface area contributed by atoms with Crippen molar-refractivity contribution in [3.63, 3.8) is 0 Å². The quantitative estimate of drug-likeness (QED) is 0.648. The zero-order valence-corrected chi connectivity index (χ0v) is 9.17. The lowest BCUT2D eigenvalue weighted by molar-refractivity contribution is -0.384. The largest absolute Gasteiger partial charge is 0.334 e. The Kier molecular flexibility index (Phi) is 3.28. The normalized spacial score (nSPS) is 10.6. The first kappa shape index (κ1) is 12.1. The van der Waals surface area contributed by atoms with E-state index in [1.54, 1.807) is 0 Å². The summed E-state index contributed by atoms with van der Waals surface area (Å²) >= 11 is 0. The highest BCUT2D eigenvalue weighted by Crippen LogP contribution is 2.29. The minimum Gasteiger partial charge on any atom is -0.334 e. The summed E-state index contributed by atoms with van der Waals surface area (Å²) in [5, 5.41) is 14.4. The topological polar surface area (TPSA) is 108 Å². The maximum absolute atomic E-state index is 13.0. The van der Waals surface area contributed by atoms with Gasteiger partial charge in [0, 0.05) is 6.42 Å². The van der Waals surface area contributed by atoms with Gasteiger partial charge in [0.15, 0.2) is 5.82 Å². The fourth-order valence-electron chi connectivity index (χ4n) is 1.43. The first-order valence-electron chi connectivity index (χ1n) is 5.09. The minimum absolute atomic E-state index is 0.0230. The number of benzene rings is 1. The number of aromatic nitrogens is 2. The molecule has 0 aliphatic rings. The molecule has 0 unspecified atom stereocenters. The van der Waals surface area contributed by atoms with Gasteiger partial charge in [0.2, 0.25) is 0 Å². The summed E-state index contributed by atoms with van der Waals surface area (Å²) in [7, 11) is 0. The summed E-state index contributed by atoms with van der Waals surface area (Å²) in [6, 6.07) is 3.13. The van der Waals surface area contributed by atoms with Gasteiger partial charge in [0.1, 0.15) is 11.4 Å². The lowest BCUT2D eigenvalue weighted by atomic mass is 10.2. The third-order valence-corrected chi connectivity index (χ3v) is 2.22. The third-order valence-electron chi connectivity index (χ3n) is 2.22. The van der Waals surface area contributed by atoms with Crippen LogP contribution in [0.1, 0.15) is 5.82 Å². The molecule has 0 bridgehead atoms. The molecule has 2 rings (SSSR count). The molecule has 0 saturated carbocycles. The summed E-state index contributed by atoms with van der Waals surface area (Å²) in [5.74, 6) is -0.372.